The fraction of sp³-hybridized carbons (Fsp3) is 0.538. The highest BCUT2D eigenvalue weighted by atomic mass is 32.2. The van der Waals surface area contributed by atoms with Gasteiger partial charge < -0.3 is 5.32 Å². The fourth-order valence-corrected chi connectivity index (χ4v) is 4.77. The number of aryl methyl sites for hydroxylation is 1. The Morgan fingerprint density at radius 3 is 2.41 bits per heavy atom. The van der Waals surface area contributed by atoms with Crippen molar-refractivity contribution in [2.45, 2.75) is 37.3 Å². The van der Waals surface area contributed by atoms with Crippen molar-refractivity contribution in [3.8, 4) is 0 Å². The van der Waals surface area contributed by atoms with Gasteiger partial charge in [0, 0.05) is 23.4 Å². The number of anilines is 1. The number of aromatic nitrogens is 2. The number of hydrogen-bond acceptors (Lipinski definition) is 7. The summed E-state index contributed by atoms with van der Waals surface area (Å²) in [5, 5.41) is 12.9. The third kappa shape index (κ3) is 4.48. The van der Waals surface area contributed by atoms with Crippen molar-refractivity contribution in [3.63, 3.8) is 0 Å². The van der Waals surface area contributed by atoms with Crippen LogP contribution in [0.15, 0.2) is 16.3 Å². The highest BCUT2D eigenvalue weighted by Crippen LogP contribution is 2.27. The summed E-state index contributed by atoms with van der Waals surface area (Å²) in [6.45, 7) is 8.87. The molecular weight excluding hydrogens is 340 g/mol. The monoisotopic (exact) mass is 360 g/mol. The van der Waals surface area contributed by atoms with Crippen LogP contribution in [-0.2, 0) is 15.4 Å². The zero-order valence-electron chi connectivity index (χ0n) is 13.0. The van der Waals surface area contributed by atoms with E-state index in [4.69, 9.17) is 0 Å². The van der Waals surface area contributed by atoms with Gasteiger partial charge in [-0.2, -0.15) is 0 Å². The van der Waals surface area contributed by atoms with E-state index in [0.29, 0.717) is 22.4 Å². The Bertz CT molecular complexity index is 729. The SMILES string of the molecule is Cc1ccc(S(=O)(=O)NCCNc2nnc(C(C)(C)C)s2)s1. The maximum atomic E-state index is 12.0. The van der Waals surface area contributed by atoms with Crippen molar-refractivity contribution in [1.82, 2.24) is 14.9 Å². The summed E-state index contributed by atoms with van der Waals surface area (Å²) in [4.78, 5) is 0.974. The molecule has 2 rings (SSSR count). The van der Waals surface area contributed by atoms with Gasteiger partial charge in [-0.1, -0.05) is 32.1 Å². The molecule has 0 unspecified atom stereocenters. The first-order valence-corrected chi connectivity index (χ1v) is 9.94. The summed E-state index contributed by atoms with van der Waals surface area (Å²) in [7, 11) is -3.42. The molecule has 0 aliphatic heterocycles. The normalized spacial score (nSPS) is 12.5. The summed E-state index contributed by atoms with van der Waals surface area (Å²) in [6, 6.07) is 3.42. The van der Waals surface area contributed by atoms with Crippen molar-refractivity contribution in [3.05, 3.63) is 22.0 Å². The van der Waals surface area contributed by atoms with Gasteiger partial charge >= 0.3 is 0 Å². The average Bonchev–Trinajstić information content (AvgIpc) is 3.03. The maximum absolute atomic E-state index is 12.0. The summed E-state index contributed by atoms with van der Waals surface area (Å²) >= 11 is 2.75. The number of sulfonamides is 1. The zero-order valence-corrected chi connectivity index (χ0v) is 15.5. The molecule has 0 aliphatic rings. The molecule has 0 amide bonds. The topological polar surface area (TPSA) is 84.0 Å². The molecule has 0 aromatic carbocycles. The molecule has 9 heteroatoms. The molecule has 0 radical (unpaired) electrons. The summed E-state index contributed by atoms with van der Waals surface area (Å²) < 4.78 is 27.0. The van der Waals surface area contributed by atoms with Gasteiger partial charge in [-0.05, 0) is 19.1 Å². The Balaban J connectivity index is 1.83. The minimum Gasteiger partial charge on any atom is -0.359 e. The van der Waals surface area contributed by atoms with E-state index in [1.807, 2.05) is 6.92 Å². The predicted molar refractivity (Wildman–Crippen MR) is 91.3 cm³/mol. The van der Waals surface area contributed by atoms with E-state index in [9.17, 15) is 8.42 Å². The van der Waals surface area contributed by atoms with Crippen molar-refractivity contribution in [2.24, 2.45) is 0 Å². The van der Waals surface area contributed by atoms with Gasteiger partial charge in [-0.25, -0.2) is 13.1 Å². The Labute approximate surface area is 139 Å². The van der Waals surface area contributed by atoms with Gasteiger partial charge in [0.05, 0.1) is 0 Å². The lowest BCUT2D eigenvalue weighted by Crippen LogP contribution is -2.28. The second-order valence-electron chi connectivity index (χ2n) is 5.85. The predicted octanol–water partition coefficient (Wildman–Crippen LogP) is 2.60. The van der Waals surface area contributed by atoms with Gasteiger partial charge in [0.2, 0.25) is 15.2 Å². The van der Waals surface area contributed by atoms with Crippen molar-refractivity contribution >= 4 is 37.8 Å². The molecule has 0 fully saturated rings. The molecule has 122 valence electrons. The van der Waals surface area contributed by atoms with E-state index in [0.717, 1.165) is 9.88 Å². The van der Waals surface area contributed by atoms with Crippen LogP contribution in [0.3, 0.4) is 0 Å². The smallest absolute Gasteiger partial charge is 0.250 e. The lowest BCUT2D eigenvalue weighted by molar-refractivity contribution is 0.578. The van der Waals surface area contributed by atoms with Crippen LogP contribution >= 0.6 is 22.7 Å². The number of thiophene rings is 1. The zero-order chi connectivity index (χ0) is 16.4. The minimum absolute atomic E-state index is 0.0315. The van der Waals surface area contributed by atoms with Crippen LogP contribution in [0, 0.1) is 6.92 Å². The highest BCUT2D eigenvalue weighted by molar-refractivity contribution is 7.91. The van der Waals surface area contributed by atoms with Crippen molar-refractivity contribution < 1.29 is 8.42 Å². The summed E-state index contributed by atoms with van der Waals surface area (Å²) in [5.41, 5.74) is -0.0315. The molecule has 2 heterocycles. The Hall–Kier alpha value is -1.03. The number of hydrogen-bond donors (Lipinski definition) is 2. The molecule has 0 spiro atoms. The first kappa shape index (κ1) is 17.3. The van der Waals surface area contributed by atoms with E-state index in [1.165, 1.54) is 22.7 Å². The van der Waals surface area contributed by atoms with Crippen LogP contribution in [0.5, 0.6) is 0 Å². The summed E-state index contributed by atoms with van der Waals surface area (Å²) in [6.07, 6.45) is 0. The Morgan fingerprint density at radius 2 is 1.86 bits per heavy atom. The van der Waals surface area contributed by atoms with E-state index in [2.05, 4.69) is 41.0 Å². The maximum Gasteiger partial charge on any atom is 0.250 e. The number of rotatable bonds is 6. The largest absolute Gasteiger partial charge is 0.359 e. The van der Waals surface area contributed by atoms with Gasteiger partial charge in [-0.3, -0.25) is 0 Å². The van der Waals surface area contributed by atoms with E-state index < -0.39 is 10.0 Å². The van der Waals surface area contributed by atoms with E-state index >= 15 is 0 Å². The fourth-order valence-electron chi connectivity index (χ4n) is 1.58. The molecule has 0 aliphatic carbocycles. The second-order valence-corrected chi connectivity index (χ2v) is 10.1. The van der Waals surface area contributed by atoms with Crippen LogP contribution in [0.4, 0.5) is 5.13 Å². The molecule has 6 nitrogen and oxygen atoms in total. The summed E-state index contributed by atoms with van der Waals surface area (Å²) in [5.74, 6) is 0. The number of nitrogens with one attached hydrogen (secondary N) is 2. The van der Waals surface area contributed by atoms with Crippen LogP contribution < -0.4 is 10.0 Å². The third-order valence-electron chi connectivity index (χ3n) is 2.74. The molecule has 0 bridgehead atoms. The Kier molecular flexibility index (Phi) is 5.21. The second kappa shape index (κ2) is 6.61. The third-order valence-corrected chi connectivity index (χ3v) is 7.00. The lowest BCUT2D eigenvalue weighted by Gasteiger charge is -2.12. The first-order valence-electron chi connectivity index (χ1n) is 6.82. The number of nitrogens with zero attached hydrogens (tertiary/aromatic N) is 2. The molecule has 22 heavy (non-hydrogen) atoms. The average molecular weight is 361 g/mol. The van der Waals surface area contributed by atoms with Gasteiger partial charge in [0.25, 0.3) is 0 Å². The van der Waals surface area contributed by atoms with E-state index in [1.54, 1.807) is 12.1 Å². The molecule has 2 N–H and O–H groups in total. The van der Waals surface area contributed by atoms with Crippen molar-refractivity contribution in [2.75, 3.05) is 18.4 Å². The van der Waals surface area contributed by atoms with Gasteiger partial charge in [0.1, 0.15) is 9.22 Å². The lowest BCUT2D eigenvalue weighted by atomic mass is 9.98. The van der Waals surface area contributed by atoms with Gasteiger partial charge in [-0.15, -0.1) is 21.5 Å². The van der Waals surface area contributed by atoms with Crippen LogP contribution in [-0.4, -0.2) is 31.7 Å². The first-order chi connectivity index (χ1) is 10.2. The van der Waals surface area contributed by atoms with Crippen LogP contribution in [0.1, 0.15) is 30.7 Å². The molecule has 2 aromatic heterocycles. The van der Waals surface area contributed by atoms with Crippen LogP contribution in [0.2, 0.25) is 0 Å². The Morgan fingerprint density at radius 1 is 1.14 bits per heavy atom. The highest BCUT2D eigenvalue weighted by Gasteiger charge is 2.19. The molecule has 2 aromatic rings. The van der Waals surface area contributed by atoms with E-state index in [-0.39, 0.29) is 5.41 Å². The van der Waals surface area contributed by atoms with Gasteiger partial charge in [0.15, 0.2) is 0 Å². The molecule has 0 atom stereocenters. The molecule has 0 saturated heterocycles. The van der Waals surface area contributed by atoms with Crippen molar-refractivity contribution in [1.29, 1.82) is 0 Å². The van der Waals surface area contributed by atoms with Crippen LogP contribution in [0.25, 0.3) is 0 Å². The minimum atomic E-state index is -3.42. The molecule has 0 saturated carbocycles. The molecular formula is C13H20N4O2S3. The quantitative estimate of drug-likeness (QED) is 0.774. The standard InChI is InChI=1S/C13H20N4O2S3/c1-9-5-6-10(20-9)22(18,19)15-8-7-14-12-17-16-11(21-12)13(2,3)4/h5-6,15H,7-8H2,1-4H3,(H,14,17).